The fourth-order valence-electron chi connectivity index (χ4n) is 5.26. The van der Waals surface area contributed by atoms with Crippen LogP contribution in [0, 0.1) is 5.41 Å². The van der Waals surface area contributed by atoms with E-state index in [4.69, 9.17) is 5.73 Å². The molecular weight excluding hydrogens is 679 g/mol. The molecule has 1 aromatic rings. The number of thioether (sulfide) groups is 2. The number of ketones is 1. The molecule has 0 radical (unpaired) electrons. The van der Waals surface area contributed by atoms with Crippen LogP contribution in [0.5, 0.6) is 0 Å². The molecule has 282 valence electrons. The Morgan fingerprint density at radius 1 is 0.920 bits per heavy atom. The molecule has 13 nitrogen and oxygen atoms in total. The molecule has 15 heteroatoms. The third kappa shape index (κ3) is 15.4. The second-order valence-corrected chi connectivity index (χ2v) is 16.3. The highest BCUT2D eigenvalue weighted by Gasteiger charge is 2.52. The summed E-state index contributed by atoms with van der Waals surface area (Å²) in [6.07, 6.45) is 15.6. The number of likely N-dealkylation sites (tertiary alicyclic amines) is 1. The smallest absolute Gasteiger partial charge is 0.286 e. The number of rotatable bonds is 9. The maximum atomic E-state index is 13.9. The average Bonchev–Trinajstić information content (AvgIpc) is 3.48. The number of aromatic nitrogens is 2. The summed E-state index contributed by atoms with van der Waals surface area (Å²) in [5, 5.41) is 7.60. The molecule has 0 bridgehead atoms. The van der Waals surface area contributed by atoms with E-state index in [0.717, 1.165) is 17.9 Å². The molecule has 4 rings (SSSR count). The SMILES string of the molecule is C1CCCCC1.CC.CC(C)(C)C(NC(=O)CNC(=O)c1cnccn1)C(=O)N1CC2(CC1C(=O)NCC(=O)C(N)=O)SCCCS2.CCC. The Morgan fingerprint density at radius 2 is 1.48 bits per heavy atom. The van der Waals surface area contributed by atoms with Gasteiger partial charge in [-0.25, -0.2) is 4.98 Å². The van der Waals surface area contributed by atoms with E-state index in [9.17, 15) is 28.8 Å². The number of carbonyl (C=O) groups is 6. The van der Waals surface area contributed by atoms with Crippen molar-refractivity contribution < 1.29 is 28.8 Å². The van der Waals surface area contributed by atoms with Gasteiger partial charge >= 0.3 is 0 Å². The third-order valence-electron chi connectivity index (χ3n) is 7.72. The molecule has 5 amide bonds. The van der Waals surface area contributed by atoms with E-state index in [-0.39, 0.29) is 12.2 Å². The van der Waals surface area contributed by atoms with Crippen LogP contribution in [0.3, 0.4) is 0 Å². The van der Waals surface area contributed by atoms with Gasteiger partial charge in [0.2, 0.25) is 23.5 Å². The van der Waals surface area contributed by atoms with Crippen LogP contribution in [0.4, 0.5) is 0 Å². The normalized spacial score (nSPS) is 18.3. The lowest BCUT2D eigenvalue weighted by atomic mass is 9.85. The predicted octanol–water partition coefficient (Wildman–Crippen LogP) is 3.86. The monoisotopic (exact) mass is 737 g/mol. The highest BCUT2D eigenvalue weighted by Crippen LogP contribution is 2.50. The highest BCUT2D eigenvalue weighted by atomic mass is 32.2. The predicted molar refractivity (Wildman–Crippen MR) is 200 cm³/mol. The second-order valence-electron chi connectivity index (χ2n) is 13.1. The summed E-state index contributed by atoms with van der Waals surface area (Å²) in [4.78, 5) is 84.1. The number of primary amides is 1. The minimum Gasteiger partial charge on any atom is -0.363 e. The van der Waals surface area contributed by atoms with Crippen LogP contribution in [0.2, 0.25) is 0 Å². The van der Waals surface area contributed by atoms with Crippen molar-refractivity contribution in [3.63, 3.8) is 0 Å². The Kier molecular flexibility index (Phi) is 20.9. The van der Waals surface area contributed by atoms with Crippen LogP contribution in [-0.4, -0.2) is 97.5 Å². The standard InChI is InChI=1S/C24H33N7O6S2.C6H12.C3H8.C2H6/c1-23(2,3)18(30-17(33)12-29-20(35)14-10-26-5-6-27-14)22(37)31-13-24(38-7-4-8-39-24)9-15(31)21(36)28-11-16(32)19(25)34;1-2-4-6-5-3-1;1-3-2;1-2/h5-6,10,15,18H,4,7-9,11-13H2,1-3H3,(H2,25,34)(H,28,36)(H,29,35)(H,30,33);1-6H2;3H2,1-2H3;1-2H3. The van der Waals surface area contributed by atoms with E-state index in [1.165, 1.54) is 68.4 Å². The molecule has 1 spiro atoms. The second kappa shape index (κ2) is 23.3. The molecule has 2 saturated heterocycles. The van der Waals surface area contributed by atoms with Crippen molar-refractivity contribution in [3.05, 3.63) is 24.3 Å². The Bertz CT molecular complexity index is 1220. The third-order valence-corrected chi connectivity index (χ3v) is 11.1. The first-order chi connectivity index (χ1) is 23.7. The van der Waals surface area contributed by atoms with Gasteiger partial charge in [-0.2, -0.15) is 0 Å². The van der Waals surface area contributed by atoms with E-state index in [0.29, 0.717) is 6.42 Å². The summed E-state index contributed by atoms with van der Waals surface area (Å²) < 4.78 is -0.402. The summed E-state index contributed by atoms with van der Waals surface area (Å²) >= 11 is 3.38. The summed E-state index contributed by atoms with van der Waals surface area (Å²) in [5.74, 6) is -2.55. The minimum absolute atomic E-state index is 0.0438. The zero-order valence-electron chi connectivity index (χ0n) is 31.0. The quantitative estimate of drug-likeness (QED) is 0.271. The van der Waals surface area contributed by atoms with Crippen LogP contribution >= 0.6 is 23.5 Å². The largest absolute Gasteiger partial charge is 0.363 e. The first-order valence-electron chi connectivity index (χ1n) is 17.8. The maximum absolute atomic E-state index is 13.9. The number of nitrogens with one attached hydrogen (secondary N) is 3. The molecule has 2 unspecified atom stereocenters. The fourth-order valence-corrected chi connectivity index (χ4v) is 8.61. The number of hydrogen-bond donors (Lipinski definition) is 4. The maximum Gasteiger partial charge on any atom is 0.286 e. The van der Waals surface area contributed by atoms with Gasteiger partial charge in [0.1, 0.15) is 17.8 Å². The van der Waals surface area contributed by atoms with Crippen LogP contribution in [0.15, 0.2) is 18.6 Å². The van der Waals surface area contributed by atoms with Crippen molar-refractivity contribution >= 4 is 58.8 Å². The van der Waals surface area contributed by atoms with E-state index in [1.807, 2.05) is 13.8 Å². The summed E-state index contributed by atoms with van der Waals surface area (Å²) in [5.41, 5.74) is 4.29. The zero-order chi connectivity index (χ0) is 37.7. The molecular formula is C35H59N7O6S2. The van der Waals surface area contributed by atoms with Gasteiger partial charge in [-0.05, 0) is 23.3 Å². The lowest BCUT2D eigenvalue weighted by molar-refractivity contribution is -0.144. The van der Waals surface area contributed by atoms with Crippen LogP contribution in [0.25, 0.3) is 0 Å². The van der Waals surface area contributed by atoms with Gasteiger partial charge < -0.3 is 26.6 Å². The fraction of sp³-hybridized carbons (Fsp3) is 0.714. The van der Waals surface area contributed by atoms with Crippen LogP contribution in [0.1, 0.15) is 117 Å². The number of Topliss-reactive ketones (excluding diaryl/α,β-unsaturated/α-hetero) is 1. The van der Waals surface area contributed by atoms with Gasteiger partial charge in [0.05, 0.1) is 23.4 Å². The molecule has 2 aliphatic heterocycles. The molecule has 3 fully saturated rings. The highest BCUT2D eigenvalue weighted by molar-refractivity contribution is 8.18. The van der Waals surface area contributed by atoms with Gasteiger partial charge in [0.25, 0.3) is 11.8 Å². The molecule has 2 atom stereocenters. The summed E-state index contributed by atoms with van der Waals surface area (Å²) in [6.45, 7) is 12.9. The summed E-state index contributed by atoms with van der Waals surface area (Å²) in [6, 6.07) is -1.93. The summed E-state index contributed by atoms with van der Waals surface area (Å²) in [7, 11) is 0. The van der Waals surface area contributed by atoms with E-state index < -0.39 is 70.0 Å². The molecule has 3 heterocycles. The molecule has 1 saturated carbocycles. The minimum atomic E-state index is -1.16. The van der Waals surface area contributed by atoms with Gasteiger partial charge in [-0.15, -0.1) is 23.5 Å². The number of carbonyl (C=O) groups excluding carboxylic acids is 6. The first-order valence-corrected chi connectivity index (χ1v) is 19.7. The van der Waals surface area contributed by atoms with Crippen molar-refractivity contribution in [2.45, 2.75) is 122 Å². The number of amides is 5. The van der Waals surface area contributed by atoms with Crippen molar-refractivity contribution in [2.75, 3.05) is 31.1 Å². The lowest BCUT2D eigenvalue weighted by Crippen LogP contribution is -2.59. The molecule has 3 aliphatic rings. The lowest BCUT2D eigenvalue weighted by Gasteiger charge is -2.36. The van der Waals surface area contributed by atoms with E-state index >= 15 is 0 Å². The number of hydrogen-bond acceptors (Lipinski definition) is 10. The zero-order valence-corrected chi connectivity index (χ0v) is 32.6. The van der Waals surface area contributed by atoms with Crippen molar-refractivity contribution in [3.8, 4) is 0 Å². The van der Waals surface area contributed by atoms with Crippen LogP contribution in [-0.2, 0) is 24.0 Å². The van der Waals surface area contributed by atoms with Gasteiger partial charge in [0, 0.05) is 25.4 Å². The average molecular weight is 738 g/mol. The molecule has 1 aromatic heterocycles. The first kappa shape index (κ1) is 44.8. The number of nitrogens with zero attached hydrogens (tertiary/aromatic N) is 3. The molecule has 5 N–H and O–H groups in total. The molecule has 1 aliphatic carbocycles. The Morgan fingerprint density at radius 3 is 1.96 bits per heavy atom. The Balaban J connectivity index is 0.000000982. The number of nitrogens with two attached hydrogens (primary N) is 1. The van der Waals surface area contributed by atoms with E-state index in [1.54, 1.807) is 44.3 Å². The van der Waals surface area contributed by atoms with Crippen molar-refractivity contribution in [2.24, 2.45) is 11.1 Å². The van der Waals surface area contributed by atoms with Gasteiger partial charge in [0.15, 0.2) is 0 Å². The van der Waals surface area contributed by atoms with Crippen LogP contribution < -0.4 is 21.7 Å². The van der Waals surface area contributed by atoms with Gasteiger partial charge in [-0.1, -0.05) is 93.4 Å². The van der Waals surface area contributed by atoms with Gasteiger partial charge in [-0.3, -0.25) is 33.8 Å². The van der Waals surface area contributed by atoms with Crippen molar-refractivity contribution in [1.82, 2.24) is 30.8 Å². The molecule has 50 heavy (non-hydrogen) atoms. The molecule has 0 aromatic carbocycles. The topological polar surface area (TPSA) is 194 Å². The Labute approximate surface area is 306 Å². The van der Waals surface area contributed by atoms with Crippen molar-refractivity contribution in [1.29, 1.82) is 0 Å². The van der Waals surface area contributed by atoms with E-state index in [2.05, 4.69) is 39.8 Å². The Hall–Kier alpha value is -3.20.